The zero-order valence-electron chi connectivity index (χ0n) is 17.1. The molecule has 2 heterocycles. The fraction of sp³-hybridized carbons (Fsp3) is 0.571. The van der Waals surface area contributed by atoms with E-state index in [-0.39, 0.29) is 11.6 Å². The van der Waals surface area contributed by atoms with E-state index < -0.39 is 0 Å². The maximum absolute atomic E-state index is 6.11. The highest BCUT2D eigenvalue weighted by Crippen LogP contribution is 2.27. The van der Waals surface area contributed by atoms with Crippen LogP contribution in [0.4, 0.5) is 0 Å². The van der Waals surface area contributed by atoms with Gasteiger partial charge in [-0.3, -0.25) is 9.58 Å². The molecule has 5 nitrogen and oxygen atoms in total. The standard InChI is InChI=1S/C21H31ClN4O/c1-15-19(16(2)25(5)24-15)12-23-13-20(17-6-8-18(22)9-7-17)26-10-11-27-21(3,4)14-26/h6-9,20,23H,10-14H2,1-5H3. The van der Waals surface area contributed by atoms with Gasteiger partial charge in [0.1, 0.15) is 0 Å². The first kappa shape index (κ1) is 20.3. The molecule has 1 N–H and O–H groups in total. The first-order valence-corrected chi connectivity index (χ1v) is 9.98. The number of hydrogen-bond donors (Lipinski definition) is 1. The highest BCUT2D eigenvalue weighted by atomic mass is 35.5. The Kier molecular flexibility index (Phi) is 6.26. The van der Waals surface area contributed by atoms with Gasteiger partial charge >= 0.3 is 0 Å². The van der Waals surface area contributed by atoms with Gasteiger partial charge < -0.3 is 10.1 Å². The van der Waals surface area contributed by atoms with E-state index in [1.54, 1.807) is 0 Å². The van der Waals surface area contributed by atoms with E-state index in [1.807, 2.05) is 23.9 Å². The van der Waals surface area contributed by atoms with E-state index >= 15 is 0 Å². The summed E-state index contributed by atoms with van der Waals surface area (Å²) in [4.78, 5) is 2.52. The predicted molar refractivity (Wildman–Crippen MR) is 110 cm³/mol. The molecule has 0 radical (unpaired) electrons. The molecule has 27 heavy (non-hydrogen) atoms. The Morgan fingerprint density at radius 1 is 1.26 bits per heavy atom. The molecule has 6 heteroatoms. The molecule has 1 aliphatic rings. The molecule has 1 saturated heterocycles. The SMILES string of the molecule is Cc1nn(C)c(C)c1CNCC(c1ccc(Cl)cc1)N1CCOC(C)(C)C1. The summed E-state index contributed by atoms with van der Waals surface area (Å²) in [6.45, 7) is 12.8. The Bertz CT molecular complexity index is 769. The molecular formula is C21H31ClN4O. The molecule has 0 bridgehead atoms. The van der Waals surface area contributed by atoms with E-state index in [0.29, 0.717) is 0 Å². The number of hydrogen-bond acceptors (Lipinski definition) is 4. The average molecular weight is 391 g/mol. The Hall–Kier alpha value is -1.40. The summed E-state index contributed by atoms with van der Waals surface area (Å²) < 4.78 is 7.87. The van der Waals surface area contributed by atoms with Crippen molar-refractivity contribution in [1.82, 2.24) is 20.0 Å². The van der Waals surface area contributed by atoms with Crippen LogP contribution < -0.4 is 5.32 Å². The van der Waals surface area contributed by atoms with Gasteiger partial charge in [0.05, 0.1) is 17.9 Å². The number of aromatic nitrogens is 2. The van der Waals surface area contributed by atoms with Crippen molar-refractivity contribution in [2.24, 2.45) is 7.05 Å². The summed E-state index contributed by atoms with van der Waals surface area (Å²) in [5, 5.41) is 8.96. The number of nitrogens with zero attached hydrogens (tertiary/aromatic N) is 3. The van der Waals surface area contributed by atoms with Crippen molar-refractivity contribution in [1.29, 1.82) is 0 Å². The van der Waals surface area contributed by atoms with Crippen LogP contribution in [0.3, 0.4) is 0 Å². The largest absolute Gasteiger partial charge is 0.373 e. The minimum atomic E-state index is -0.126. The average Bonchev–Trinajstić information content (AvgIpc) is 2.84. The molecule has 148 valence electrons. The van der Waals surface area contributed by atoms with Crippen LogP contribution in [-0.2, 0) is 18.3 Å². The van der Waals surface area contributed by atoms with Gasteiger partial charge in [0.15, 0.2) is 0 Å². The summed E-state index contributed by atoms with van der Waals surface area (Å²) >= 11 is 6.11. The quantitative estimate of drug-likeness (QED) is 0.817. The van der Waals surface area contributed by atoms with Gasteiger partial charge in [-0.25, -0.2) is 0 Å². The maximum Gasteiger partial charge on any atom is 0.0753 e. The van der Waals surface area contributed by atoms with Gasteiger partial charge in [-0.15, -0.1) is 0 Å². The van der Waals surface area contributed by atoms with E-state index in [2.05, 4.69) is 55.1 Å². The molecule has 0 amide bonds. The lowest BCUT2D eigenvalue weighted by Crippen LogP contribution is -2.51. The summed E-state index contributed by atoms with van der Waals surface area (Å²) in [6.07, 6.45) is 0. The molecule has 1 fully saturated rings. The molecule has 2 aromatic rings. The minimum absolute atomic E-state index is 0.126. The van der Waals surface area contributed by atoms with Crippen molar-refractivity contribution < 1.29 is 4.74 Å². The van der Waals surface area contributed by atoms with Crippen LogP contribution in [0.25, 0.3) is 0 Å². The second-order valence-corrected chi connectivity index (χ2v) is 8.49. The van der Waals surface area contributed by atoms with Gasteiger partial charge in [-0.05, 0) is 45.4 Å². The third-order valence-corrected chi connectivity index (χ3v) is 5.70. The fourth-order valence-corrected chi connectivity index (χ4v) is 3.99. The predicted octanol–water partition coefficient (Wildman–Crippen LogP) is 3.63. The highest BCUT2D eigenvalue weighted by Gasteiger charge is 2.32. The lowest BCUT2D eigenvalue weighted by Gasteiger charge is -2.42. The summed E-state index contributed by atoms with van der Waals surface area (Å²) in [5.74, 6) is 0. The Balaban J connectivity index is 1.74. The van der Waals surface area contributed by atoms with Crippen molar-refractivity contribution in [3.05, 3.63) is 51.8 Å². The number of aryl methyl sites for hydroxylation is 2. The number of benzene rings is 1. The molecule has 0 aliphatic carbocycles. The van der Waals surface area contributed by atoms with Crippen LogP contribution in [0.15, 0.2) is 24.3 Å². The van der Waals surface area contributed by atoms with E-state index in [9.17, 15) is 0 Å². The Morgan fingerprint density at radius 3 is 2.56 bits per heavy atom. The topological polar surface area (TPSA) is 42.3 Å². The van der Waals surface area contributed by atoms with Crippen molar-refractivity contribution in [2.45, 2.75) is 45.9 Å². The number of morpholine rings is 1. The lowest BCUT2D eigenvalue weighted by molar-refractivity contribution is -0.0974. The van der Waals surface area contributed by atoms with Crippen LogP contribution in [0, 0.1) is 13.8 Å². The van der Waals surface area contributed by atoms with Gasteiger partial charge in [-0.1, -0.05) is 23.7 Å². The normalized spacial score (nSPS) is 18.6. The zero-order valence-corrected chi connectivity index (χ0v) is 17.8. The van der Waals surface area contributed by atoms with Gasteiger partial charge in [0.2, 0.25) is 0 Å². The van der Waals surface area contributed by atoms with Crippen LogP contribution in [0.2, 0.25) is 5.02 Å². The summed E-state index contributed by atoms with van der Waals surface area (Å²) in [6, 6.07) is 8.51. The molecule has 1 atom stereocenters. The van der Waals surface area contributed by atoms with Crippen LogP contribution in [0.5, 0.6) is 0 Å². The minimum Gasteiger partial charge on any atom is -0.373 e. The van der Waals surface area contributed by atoms with Gasteiger partial charge in [0.25, 0.3) is 0 Å². The first-order valence-electron chi connectivity index (χ1n) is 9.60. The smallest absolute Gasteiger partial charge is 0.0753 e. The van der Waals surface area contributed by atoms with Crippen LogP contribution in [0.1, 0.15) is 42.4 Å². The van der Waals surface area contributed by atoms with E-state index in [0.717, 1.165) is 43.5 Å². The Morgan fingerprint density at radius 2 is 1.96 bits per heavy atom. The first-order chi connectivity index (χ1) is 12.8. The Labute approximate surface area is 167 Å². The molecule has 0 saturated carbocycles. The lowest BCUT2D eigenvalue weighted by atomic mass is 10.0. The van der Waals surface area contributed by atoms with E-state index in [1.165, 1.54) is 16.8 Å². The van der Waals surface area contributed by atoms with Crippen molar-refractivity contribution in [3.63, 3.8) is 0 Å². The second-order valence-electron chi connectivity index (χ2n) is 8.05. The van der Waals surface area contributed by atoms with Crippen LogP contribution in [-0.4, -0.2) is 46.5 Å². The molecule has 1 unspecified atom stereocenters. The zero-order chi connectivity index (χ0) is 19.6. The summed E-state index contributed by atoms with van der Waals surface area (Å²) in [5.41, 5.74) is 4.76. The maximum atomic E-state index is 6.11. The molecule has 1 aromatic carbocycles. The second kappa shape index (κ2) is 8.31. The highest BCUT2D eigenvalue weighted by molar-refractivity contribution is 6.30. The van der Waals surface area contributed by atoms with Crippen molar-refractivity contribution in [2.75, 3.05) is 26.2 Å². The monoisotopic (exact) mass is 390 g/mol. The third-order valence-electron chi connectivity index (χ3n) is 5.45. The van der Waals surface area contributed by atoms with Crippen LogP contribution >= 0.6 is 11.6 Å². The number of halogens is 1. The van der Waals surface area contributed by atoms with E-state index in [4.69, 9.17) is 16.3 Å². The van der Waals surface area contributed by atoms with Gasteiger partial charge in [0, 0.05) is 55.5 Å². The number of nitrogens with one attached hydrogen (secondary N) is 1. The fourth-order valence-electron chi connectivity index (χ4n) is 3.87. The summed E-state index contributed by atoms with van der Waals surface area (Å²) in [7, 11) is 2.00. The molecule has 1 aromatic heterocycles. The molecule has 0 spiro atoms. The molecular weight excluding hydrogens is 360 g/mol. The number of rotatable bonds is 6. The van der Waals surface area contributed by atoms with Gasteiger partial charge in [-0.2, -0.15) is 5.10 Å². The third kappa shape index (κ3) is 4.91. The molecule has 1 aliphatic heterocycles. The number of ether oxygens (including phenoxy) is 1. The van der Waals surface area contributed by atoms with Crippen molar-refractivity contribution >= 4 is 11.6 Å². The van der Waals surface area contributed by atoms with Crippen molar-refractivity contribution in [3.8, 4) is 0 Å². The molecule has 3 rings (SSSR count).